The molecule has 0 aliphatic rings. The molecule has 0 fully saturated rings. The van der Waals surface area contributed by atoms with Gasteiger partial charge in [-0.15, -0.1) is 0 Å². The van der Waals surface area contributed by atoms with Crippen LogP contribution in [-0.2, 0) is 14.2 Å². The van der Waals surface area contributed by atoms with Gasteiger partial charge in [-0.2, -0.15) is 0 Å². The van der Waals surface area contributed by atoms with Crippen molar-refractivity contribution < 1.29 is 24.4 Å². The molecular formula is C17H32NO5P. The first-order chi connectivity index (χ1) is 11.2. The minimum Gasteiger partial charge on any atom is -0.481 e. The largest absolute Gasteiger partial charge is 0.481 e. The van der Waals surface area contributed by atoms with Crippen molar-refractivity contribution in [3.8, 4) is 0 Å². The Morgan fingerprint density at radius 3 is 2.12 bits per heavy atom. The molecule has 0 aliphatic heterocycles. The van der Waals surface area contributed by atoms with Crippen molar-refractivity contribution in [2.75, 3.05) is 0 Å². The number of carbonyl (C=O) groups is 2. The third kappa shape index (κ3) is 8.20. The van der Waals surface area contributed by atoms with Crippen molar-refractivity contribution in [1.82, 2.24) is 0 Å². The number of hydrogen-bond acceptors (Lipinski definition) is 4. The van der Waals surface area contributed by atoms with Gasteiger partial charge in [0.15, 0.2) is 13.8 Å². The van der Waals surface area contributed by atoms with Gasteiger partial charge >= 0.3 is 5.97 Å². The summed E-state index contributed by atoms with van der Waals surface area (Å²) in [6.07, 6.45) is 4.83. The normalized spacial score (nSPS) is 16.7. The van der Waals surface area contributed by atoms with Crippen LogP contribution in [0.5, 0.6) is 0 Å². The zero-order chi connectivity index (χ0) is 18.8. The summed E-state index contributed by atoms with van der Waals surface area (Å²) >= 11 is 0. The fraction of sp³-hybridized carbons (Fsp3) is 0.882. The SMILES string of the molecule is CCC(CC)CCC(C)CCC(O)(P=O)C(CCC(N)=O)C(=O)O. The molecule has 3 atom stereocenters. The van der Waals surface area contributed by atoms with Gasteiger partial charge in [0.1, 0.15) is 0 Å². The maximum Gasteiger partial charge on any atom is 0.310 e. The Balaban J connectivity index is 4.69. The summed E-state index contributed by atoms with van der Waals surface area (Å²) in [4.78, 5) is 22.3. The number of hydrogen-bond donors (Lipinski definition) is 3. The molecule has 0 rings (SSSR count). The summed E-state index contributed by atoms with van der Waals surface area (Å²) in [5.41, 5.74) is 5.05. The van der Waals surface area contributed by atoms with Crippen molar-refractivity contribution in [3.63, 3.8) is 0 Å². The van der Waals surface area contributed by atoms with Crippen molar-refractivity contribution >= 4 is 20.3 Å². The summed E-state index contributed by atoms with van der Waals surface area (Å²) in [5.74, 6) is -2.16. The van der Waals surface area contributed by atoms with Gasteiger partial charge in [0.25, 0.3) is 0 Å². The maximum atomic E-state index is 11.5. The summed E-state index contributed by atoms with van der Waals surface area (Å²) in [7, 11) is -0.622. The number of amides is 1. The molecule has 0 saturated heterocycles. The molecule has 7 heteroatoms. The molecule has 3 unspecified atom stereocenters. The van der Waals surface area contributed by atoms with Crippen molar-refractivity contribution in [2.45, 2.75) is 77.5 Å². The first-order valence-electron chi connectivity index (χ1n) is 8.78. The molecule has 0 aromatic carbocycles. The smallest absolute Gasteiger partial charge is 0.310 e. The van der Waals surface area contributed by atoms with E-state index in [1.165, 1.54) is 0 Å². The first-order valence-corrected chi connectivity index (χ1v) is 9.59. The number of rotatable bonds is 14. The predicted octanol–water partition coefficient (Wildman–Crippen LogP) is 3.57. The van der Waals surface area contributed by atoms with Crippen molar-refractivity contribution in [3.05, 3.63) is 0 Å². The summed E-state index contributed by atoms with van der Waals surface area (Å²) in [6.45, 7) is 6.40. The minimum atomic E-state index is -1.86. The first kappa shape index (κ1) is 23.0. The van der Waals surface area contributed by atoms with Gasteiger partial charge in [0.2, 0.25) is 5.91 Å². The molecule has 0 saturated carbocycles. The van der Waals surface area contributed by atoms with E-state index in [1.807, 2.05) is 0 Å². The molecule has 0 radical (unpaired) electrons. The number of carboxylic acids is 1. The average Bonchev–Trinajstić information content (AvgIpc) is 2.53. The Bertz CT molecular complexity index is 414. The fourth-order valence-corrected chi connectivity index (χ4v) is 3.53. The molecule has 4 N–H and O–H groups in total. The Kier molecular flexibility index (Phi) is 11.1. The summed E-state index contributed by atoms with van der Waals surface area (Å²) in [6, 6.07) is 0. The third-order valence-corrected chi connectivity index (χ3v) is 5.77. The molecule has 6 nitrogen and oxygen atoms in total. The highest BCUT2D eigenvalue weighted by Crippen LogP contribution is 2.38. The fourth-order valence-electron chi connectivity index (χ4n) is 2.94. The molecule has 0 spiro atoms. The number of nitrogens with two attached hydrogens (primary N) is 1. The van der Waals surface area contributed by atoms with E-state index in [2.05, 4.69) is 20.8 Å². The Morgan fingerprint density at radius 1 is 1.12 bits per heavy atom. The van der Waals surface area contributed by atoms with Gasteiger partial charge in [-0.1, -0.05) is 46.5 Å². The molecule has 0 aromatic rings. The Labute approximate surface area is 146 Å². The van der Waals surface area contributed by atoms with E-state index < -0.39 is 31.6 Å². The van der Waals surface area contributed by atoms with Gasteiger partial charge in [-0.25, -0.2) is 0 Å². The van der Waals surface area contributed by atoms with E-state index in [0.29, 0.717) is 18.3 Å². The monoisotopic (exact) mass is 361 g/mol. The van der Waals surface area contributed by atoms with Crippen LogP contribution in [0, 0.1) is 17.8 Å². The lowest BCUT2D eigenvalue weighted by Crippen LogP contribution is -2.38. The molecule has 0 aromatic heterocycles. The molecule has 140 valence electrons. The number of carboxylic acid groups (broad SMARTS) is 1. The minimum absolute atomic E-state index is 0.113. The second-order valence-electron chi connectivity index (χ2n) is 6.77. The molecule has 0 aliphatic carbocycles. The molecule has 1 amide bonds. The van der Waals surface area contributed by atoms with Crippen LogP contribution in [0.25, 0.3) is 0 Å². The highest BCUT2D eigenvalue weighted by molar-refractivity contribution is 7.25. The molecule has 0 heterocycles. The zero-order valence-corrected chi connectivity index (χ0v) is 15.9. The van der Waals surface area contributed by atoms with Crippen LogP contribution in [0.3, 0.4) is 0 Å². The lowest BCUT2D eigenvalue weighted by atomic mass is 9.87. The predicted molar refractivity (Wildman–Crippen MR) is 93.8 cm³/mol. The number of carbonyl (C=O) groups excluding carboxylic acids is 1. The summed E-state index contributed by atoms with van der Waals surface area (Å²) < 4.78 is 11.5. The van der Waals surface area contributed by atoms with E-state index in [9.17, 15) is 24.4 Å². The van der Waals surface area contributed by atoms with Gasteiger partial charge in [-0.05, 0) is 31.1 Å². The van der Waals surface area contributed by atoms with E-state index in [1.54, 1.807) is 0 Å². The highest BCUT2D eigenvalue weighted by Gasteiger charge is 2.42. The van der Waals surface area contributed by atoms with Gasteiger partial charge < -0.3 is 15.9 Å². The van der Waals surface area contributed by atoms with Crippen LogP contribution in [0.2, 0.25) is 0 Å². The van der Waals surface area contributed by atoms with Crippen molar-refractivity contribution in [2.24, 2.45) is 23.5 Å². The highest BCUT2D eigenvalue weighted by atomic mass is 31.1. The van der Waals surface area contributed by atoms with E-state index in [-0.39, 0.29) is 19.3 Å². The number of aliphatic carboxylic acids is 1. The van der Waals surface area contributed by atoms with Gasteiger partial charge in [0, 0.05) is 6.42 Å². The average molecular weight is 361 g/mol. The topological polar surface area (TPSA) is 118 Å². The second-order valence-corrected chi connectivity index (χ2v) is 7.73. The van der Waals surface area contributed by atoms with Crippen LogP contribution in [-0.4, -0.2) is 27.4 Å². The lowest BCUT2D eigenvalue weighted by molar-refractivity contribution is -0.148. The lowest BCUT2D eigenvalue weighted by Gasteiger charge is -2.28. The van der Waals surface area contributed by atoms with Crippen LogP contribution in [0.1, 0.15) is 72.1 Å². The van der Waals surface area contributed by atoms with Gasteiger partial charge in [0.05, 0.1) is 5.92 Å². The second kappa shape index (κ2) is 11.5. The quantitative estimate of drug-likeness (QED) is 0.409. The summed E-state index contributed by atoms with van der Waals surface area (Å²) in [5, 5.41) is 18.0. The van der Waals surface area contributed by atoms with Crippen LogP contribution in [0.15, 0.2) is 0 Å². The Hall–Kier alpha value is -1.00. The number of primary amides is 1. The van der Waals surface area contributed by atoms with Gasteiger partial charge in [-0.3, -0.25) is 14.2 Å². The Morgan fingerprint density at radius 2 is 1.71 bits per heavy atom. The van der Waals surface area contributed by atoms with E-state index in [4.69, 9.17) is 5.73 Å². The van der Waals surface area contributed by atoms with E-state index >= 15 is 0 Å². The zero-order valence-electron chi connectivity index (χ0n) is 15.0. The van der Waals surface area contributed by atoms with Crippen LogP contribution >= 0.6 is 8.46 Å². The molecule has 24 heavy (non-hydrogen) atoms. The third-order valence-electron chi connectivity index (χ3n) is 4.92. The molecule has 0 bridgehead atoms. The number of aliphatic hydroxyl groups is 1. The maximum absolute atomic E-state index is 11.5. The van der Waals surface area contributed by atoms with Crippen molar-refractivity contribution in [1.29, 1.82) is 0 Å². The van der Waals surface area contributed by atoms with Crippen LogP contribution in [0.4, 0.5) is 0 Å². The molecular weight excluding hydrogens is 329 g/mol. The van der Waals surface area contributed by atoms with E-state index in [0.717, 1.165) is 25.7 Å². The van der Waals surface area contributed by atoms with Crippen LogP contribution < -0.4 is 5.73 Å². The standard InChI is InChI=1S/C17H32NO5P/c1-4-13(5-2)7-6-12(3)10-11-17(22,24-23)14(16(20)21)8-9-15(18)19/h12-14,22H,4-11H2,1-3H3,(H2,18,19)(H,20,21).